The van der Waals surface area contributed by atoms with E-state index in [1.165, 1.54) is 6.07 Å². The lowest BCUT2D eigenvalue weighted by Gasteiger charge is -2.09. The first-order valence-electron chi connectivity index (χ1n) is 8.59. The summed E-state index contributed by atoms with van der Waals surface area (Å²) < 4.78 is 4.94. The van der Waals surface area contributed by atoms with Crippen molar-refractivity contribution in [2.75, 3.05) is 11.9 Å². The van der Waals surface area contributed by atoms with Crippen molar-refractivity contribution in [1.82, 2.24) is 15.0 Å². The van der Waals surface area contributed by atoms with Crippen LogP contribution >= 0.6 is 23.2 Å². The van der Waals surface area contributed by atoms with Gasteiger partial charge in [-0.05, 0) is 25.1 Å². The molecule has 8 nitrogen and oxygen atoms in total. The minimum Gasteiger partial charge on any atom is -0.456 e. The number of H-pyrrole nitrogens is 1. The average Bonchev–Trinajstić information content (AvgIpc) is 2.69. The van der Waals surface area contributed by atoms with E-state index in [0.29, 0.717) is 27.4 Å². The standard InChI is InChI=1S/C19H16Cl2N4O4/c1-10-12(20)8-13(21)18(22-10)25-16(26)9-29-17(27)7-6-15-23-14-5-3-2-4-11(14)19(28)24-15/h2-5,8H,6-7,9H2,1H3,(H,22,25,26)(H,23,24,28). The number of rotatable bonds is 6. The molecule has 3 rings (SSSR count). The molecular formula is C19H16Cl2N4O4. The topological polar surface area (TPSA) is 114 Å². The Kier molecular flexibility index (Phi) is 6.46. The summed E-state index contributed by atoms with van der Waals surface area (Å²) in [6.07, 6.45) is 0.123. The van der Waals surface area contributed by atoms with E-state index in [1.54, 1.807) is 31.2 Å². The number of anilines is 1. The maximum atomic E-state index is 12.0. The highest BCUT2D eigenvalue weighted by Gasteiger charge is 2.13. The zero-order chi connectivity index (χ0) is 21.0. The van der Waals surface area contributed by atoms with Crippen molar-refractivity contribution in [3.05, 3.63) is 62.2 Å². The molecule has 2 N–H and O–H groups in total. The molecule has 150 valence electrons. The van der Waals surface area contributed by atoms with E-state index < -0.39 is 18.5 Å². The van der Waals surface area contributed by atoms with Crippen molar-refractivity contribution in [3.8, 4) is 0 Å². The molecule has 0 aliphatic heterocycles. The number of nitrogens with zero attached hydrogens (tertiary/aromatic N) is 2. The Hall–Kier alpha value is -2.97. The lowest BCUT2D eigenvalue weighted by atomic mass is 10.2. The third-order valence-electron chi connectivity index (χ3n) is 3.95. The summed E-state index contributed by atoms with van der Waals surface area (Å²) >= 11 is 11.9. The summed E-state index contributed by atoms with van der Waals surface area (Å²) in [5.74, 6) is -0.704. The van der Waals surface area contributed by atoms with Crippen LogP contribution in [0.25, 0.3) is 10.9 Å². The fraction of sp³-hybridized carbons (Fsp3) is 0.211. The van der Waals surface area contributed by atoms with Gasteiger partial charge in [-0.15, -0.1) is 0 Å². The second kappa shape index (κ2) is 9.02. The molecule has 0 spiro atoms. The van der Waals surface area contributed by atoms with Crippen molar-refractivity contribution >= 4 is 51.8 Å². The summed E-state index contributed by atoms with van der Waals surface area (Å²) in [4.78, 5) is 46.9. The van der Waals surface area contributed by atoms with Gasteiger partial charge in [-0.1, -0.05) is 35.3 Å². The minimum absolute atomic E-state index is 0.0480. The molecule has 1 aromatic carbocycles. The molecule has 0 fully saturated rings. The van der Waals surface area contributed by atoms with E-state index in [2.05, 4.69) is 20.3 Å². The highest BCUT2D eigenvalue weighted by Crippen LogP contribution is 2.25. The molecule has 0 unspecified atom stereocenters. The van der Waals surface area contributed by atoms with Crippen LogP contribution < -0.4 is 10.9 Å². The summed E-state index contributed by atoms with van der Waals surface area (Å²) in [7, 11) is 0. The normalized spacial score (nSPS) is 10.7. The number of carbonyl (C=O) groups is 2. The number of aromatic nitrogens is 3. The third-order valence-corrected chi connectivity index (χ3v) is 4.63. The molecule has 3 aromatic rings. The summed E-state index contributed by atoms with van der Waals surface area (Å²) in [5, 5.41) is 3.48. The van der Waals surface area contributed by atoms with E-state index in [-0.39, 0.29) is 29.2 Å². The smallest absolute Gasteiger partial charge is 0.306 e. The van der Waals surface area contributed by atoms with Gasteiger partial charge in [0.1, 0.15) is 5.82 Å². The van der Waals surface area contributed by atoms with Crippen molar-refractivity contribution < 1.29 is 14.3 Å². The first-order chi connectivity index (χ1) is 13.8. The number of ether oxygens (including phenoxy) is 1. The van der Waals surface area contributed by atoms with Crippen LogP contribution in [0.1, 0.15) is 17.9 Å². The van der Waals surface area contributed by atoms with E-state index in [0.717, 1.165) is 0 Å². The maximum Gasteiger partial charge on any atom is 0.306 e. The Balaban J connectivity index is 1.52. The first kappa shape index (κ1) is 20.8. The fourth-order valence-corrected chi connectivity index (χ4v) is 2.91. The molecule has 0 saturated heterocycles. The van der Waals surface area contributed by atoms with Gasteiger partial charge < -0.3 is 15.0 Å². The summed E-state index contributed by atoms with van der Waals surface area (Å²) in [6.45, 7) is 1.17. The van der Waals surface area contributed by atoms with Gasteiger partial charge in [0, 0.05) is 6.42 Å². The number of amides is 1. The Morgan fingerprint density at radius 1 is 1.17 bits per heavy atom. The lowest BCUT2D eigenvalue weighted by Crippen LogP contribution is -2.22. The Labute approximate surface area is 175 Å². The van der Waals surface area contributed by atoms with E-state index >= 15 is 0 Å². The van der Waals surface area contributed by atoms with Crippen LogP contribution in [0.4, 0.5) is 5.82 Å². The number of aromatic amines is 1. The maximum absolute atomic E-state index is 12.0. The second-order valence-electron chi connectivity index (χ2n) is 6.12. The molecule has 1 amide bonds. The molecular weight excluding hydrogens is 419 g/mol. The van der Waals surface area contributed by atoms with Gasteiger partial charge in [0.2, 0.25) is 0 Å². The number of benzene rings is 1. The number of hydrogen-bond donors (Lipinski definition) is 2. The number of hydrogen-bond acceptors (Lipinski definition) is 6. The highest BCUT2D eigenvalue weighted by molar-refractivity contribution is 6.36. The average molecular weight is 435 g/mol. The van der Waals surface area contributed by atoms with Gasteiger partial charge in [0.25, 0.3) is 11.5 Å². The van der Waals surface area contributed by atoms with Crippen molar-refractivity contribution in [3.63, 3.8) is 0 Å². The van der Waals surface area contributed by atoms with Gasteiger partial charge in [0.05, 0.1) is 33.1 Å². The first-order valence-corrected chi connectivity index (χ1v) is 9.35. The van der Waals surface area contributed by atoms with Gasteiger partial charge in [0.15, 0.2) is 12.4 Å². The molecule has 29 heavy (non-hydrogen) atoms. The molecule has 0 radical (unpaired) electrons. The highest BCUT2D eigenvalue weighted by atomic mass is 35.5. The van der Waals surface area contributed by atoms with Gasteiger partial charge in [-0.2, -0.15) is 0 Å². The van der Waals surface area contributed by atoms with Crippen LogP contribution in [0.5, 0.6) is 0 Å². The monoisotopic (exact) mass is 434 g/mol. The number of esters is 1. The largest absolute Gasteiger partial charge is 0.456 e. The summed E-state index contributed by atoms with van der Waals surface area (Å²) in [5.41, 5.74) is 0.767. The molecule has 10 heteroatoms. The van der Waals surface area contributed by atoms with Crippen molar-refractivity contribution in [2.45, 2.75) is 19.8 Å². The number of fused-ring (bicyclic) bond motifs is 1. The second-order valence-corrected chi connectivity index (χ2v) is 6.94. The van der Waals surface area contributed by atoms with Gasteiger partial charge >= 0.3 is 5.97 Å². The molecule has 0 saturated carbocycles. The van der Waals surface area contributed by atoms with Gasteiger partial charge in [-0.3, -0.25) is 14.4 Å². The van der Waals surface area contributed by atoms with Crippen LogP contribution in [0.3, 0.4) is 0 Å². The minimum atomic E-state index is -0.609. The van der Waals surface area contributed by atoms with E-state index in [1.807, 2.05) is 0 Å². The SMILES string of the molecule is Cc1nc(NC(=O)COC(=O)CCc2nc3ccccc3c(=O)[nH]2)c(Cl)cc1Cl. The fourth-order valence-electron chi connectivity index (χ4n) is 2.51. The molecule has 0 atom stereocenters. The van der Waals surface area contributed by atoms with E-state index in [9.17, 15) is 14.4 Å². The van der Waals surface area contributed by atoms with Crippen LogP contribution in [0, 0.1) is 6.92 Å². The number of carbonyl (C=O) groups excluding carboxylic acids is 2. The lowest BCUT2D eigenvalue weighted by molar-refractivity contribution is -0.147. The quantitative estimate of drug-likeness (QED) is 0.576. The number of pyridine rings is 1. The third kappa shape index (κ3) is 5.30. The van der Waals surface area contributed by atoms with Crippen molar-refractivity contribution in [2.24, 2.45) is 0 Å². The number of aryl methyl sites for hydroxylation is 2. The van der Waals surface area contributed by atoms with Crippen LogP contribution in [-0.4, -0.2) is 33.4 Å². The van der Waals surface area contributed by atoms with Gasteiger partial charge in [-0.25, -0.2) is 9.97 Å². The van der Waals surface area contributed by atoms with E-state index in [4.69, 9.17) is 27.9 Å². The number of para-hydroxylation sites is 1. The zero-order valence-corrected chi connectivity index (χ0v) is 16.8. The predicted octanol–water partition coefficient (Wildman–Crippen LogP) is 3.05. The molecule has 0 aliphatic carbocycles. The Bertz CT molecular complexity index is 1150. The molecule has 2 heterocycles. The Morgan fingerprint density at radius 2 is 1.93 bits per heavy atom. The zero-order valence-electron chi connectivity index (χ0n) is 15.3. The predicted molar refractivity (Wildman–Crippen MR) is 109 cm³/mol. The number of nitrogens with one attached hydrogen (secondary N) is 2. The van der Waals surface area contributed by atoms with Crippen LogP contribution in [0.2, 0.25) is 10.0 Å². The molecule has 0 bridgehead atoms. The number of halogens is 2. The Morgan fingerprint density at radius 3 is 2.72 bits per heavy atom. The van der Waals surface area contributed by atoms with Crippen LogP contribution in [0.15, 0.2) is 35.1 Å². The van der Waals surface area contributed by atoms with Crippen LogP contribution in [-0.2, 0) is 20.7 Å². The summed E-state index contributed by atoms with van der Waals surface area (Å²) in [6, 6.07) is 8.37. The van der Waals surface area contributed by atoms with Crippen molar-refractivity contribution in [1.29, 1.82) is 0 Å². The molecule has 0 aliphatic rings. The molecule has 2 aromatic heterocycles.